The second-order valence-electron chi connectivity index (χ2n) is 6.84. The first-order valence-electron chi connectivity index (χ1n) is 9.40. The lowest BCUT2D eigenvalue weighted by Gasteiger charge is -2.38. The van der Waals surface area contributed by atoms with Gasteiger partial charge in [-0.3, -0.25) is 4.79 Å². The minimum atomic E-state index is 0. The van der Waals surface area contributed by atoms with Gasteiger partial charge in [0.15, 0.2) is 0 Å². The molecule has 0 bridgehead atoms. The summed E-state index contributed by atoms with van der Waals surface area (Å²) in [6.07, 6.45) is 3.08. The van der Waals surface area contributed by atoms with Crippen LogP contribution in [0.25, 0.3) is 0 Å². The largest absolute Gasteiger partial charge is 0.375 e. The number of amides is 1. The Morgan fingerprint density at radius 3 is 2.22 bits per heavy atom. The molecule has 5 heteroatoms. The molecule has 0 radical (unpaired) electrons. The molecular weight excluding hydrogens is 360 g/mol. The van der Waals surface area contributed by atoms with Crippen molar-refractivity contribution in [3.8, 4) is 0 Å². The topological polar surface area (TPSA) is 32.8 Å². The average molecular weight is 389 g/mol. The maximum atomic E-state index is 12.6. The first-order chi connectivity index (χ1) is 12.8. The maximum absolute atomic E-state index is 12.6. The number of hydrogen-bond donors (Lipinski definition) is 0. The fraction of sp³-hybridized carbons (Fsp3) is 0.409. The summed E-state index contributed by atoms with van der Waals surface area (Å²) in [5.74, 6) is 0.0430. The first-order valence-corrected chi connectivity index (χ1v) is 9.40. The van der Waals surface area contributed by atoms with Crippen molar-refractivity contribution >= 4 is 24.0 Å². The van der Waals surface area contributed by atoms with Crippen molar-refractivity contribution in [1.82, 2.24) is 4.90 Å². The van der Waals surface area contributed by atoms with Gasteiger partial charge in [-0.05, 0) is 37.0 Å². The molecule has 1 aliphatic heterocycles. The van der Waals surface area contributed by atoms with E-state index in [1.165, 1.54) is 5.56 Å². The number of ether oxygens (including phenoxy) is 1. The van der Waals surface area contributed by atoms with Crippen LogP contribution in [0.1, 0.15) is 18.4 Å². The van der Waals surface area contributed by atoms with Crippen molar-refractivity contribution in [2.24, 2.45) is 0 Å². The Morgan fingerprint density at radius 1 is 1.04 bits per heavy atom. The van der Waals surface area contributed by atoms with Crippen LogP contribution in [0.2, 0.25) is 0 Å². The van der Waals surface area contributed by atoms with E-state index in [1.807, 2.05) is 35.2 Å². The van der Waals surface area contributed by atoms with Crippen LogP contribution in [0.3, 0.4) is 0 Å². The summed E-state index contributed by atoms with van der Waals surface area (Å²) < 4.78 is 5.10. The molecule has 3 rings (SSSR count). The van der Waals surface area contributed by atoms with E-state index in [2.05, 4.69) is 35.2 Å². The molecule has 0 N–H and O–H groups in total. The molecule has 1 aliphatic rings. The number of nitrogens with zero attached hydrogens (tertiary/aromatic N) is 2. The zero-order chi connectivity index (χ0) is 18.2. The number of carbonyl (C=O) groups is 1. The molecule has 0 aromatic heterocycles. The summed E-state index contributed by atoms with van der Waals surface area (Å²) in [4.78, 5) is 17.1. The van der Waals surface area contributed by atoms with E-state index in [0.29, 0.717) is 0 Å². The van der Waals surface area contributed by atoms with Crippen LogP contribution in [0.4, 0.5) is 5.69 Å². The Labute approximate surface area is 168 Å². The standard InChI is InChI=1S/C22H28N2O2.ClH/c1-26-18-22(25)24(20-10-6-3-7-11-20)21-13-16-23(17-14-21)15-12-19-8-4-2-5-9-19;/h2-11,21H,12-18H2,1H3;1H. The van der Waals surface area contributed by atoms with Gasteiger partial charge in [-0.1, -0.05) is 48.5 Å². The van der Waals surface area contributed by atoms with Crippen molar-refractivity contribution in [3.63, 3.8) is 0 Å². The summed E-state index contributed by atoms with van der Waals surface area (Å²) >= 11 is 0. The third kappa shape index (κ3) is 6.06. The third-order valence-electron chi connectivity index (χ3n) is 5.05. The van der Waals surface area contributed by atoms with Gasteiger partial charge in [-0.25, -0.2) is 0 Å². The van der Waals surface area contributed by atoms with Gasteiger partial charge in [0.2, 0.25) is 0 Å². The van der Waals surface area contributed by atoms with Crippen LogP contribution in [0, 0.1) is 0 Å². The number of methoxy groups -OCH3 is 1. The quantitative estimate of drug-likeness (QED) is 0.723. The molecule has 1 fully saturated rings. The van der Waals surface area contributed by atoms with Crippen LogP contribution < -0.4 is 4.90 Å². The number of piperidine rings is 1. The lowest BCUT2D eigenvalue weighted by atomic mass is 10.0. The molecule has 0 atom stereocenters. The highest BCUT2D eigenvalue weighted by Gasteiger charge is 2.28. The predicted octanol–water partition coefficient (Wildman–Crippen LogP) is 3.79. The lowest BCUT2D eigenvalue weighted by molar-refractivity contribution is -0.122. The van der Waals surface area contributed by atoms with Crippen LogP contribution in [0.15, 0.2) is 60.7 Å². The number of carbonyl (C=O) groups excluding carboxylic acids is 1. The fourth-order valence-electron chi connectivity index (χ4n) is 3.67. The van der Waals surface area contributed by atoms with E-state index in [0.717, 1.165) is 44.6 Å². The Hall–Kier alpha value is -1.88. The maximum Gasteiger partial charge on any atom is 0.253 e. The number of hydrogen-bond acceptors (Lipinski definition) is 3. The minimum absolute atomic E-state index is 0. The van der Waals surface area contributed by atoms with Gasteiger partial charge < -0.3 is 14.5 Å². The van der Waals surface area contributed by atoms with E-state index < -0.39 is 0 Å². The second kappa shape index (κ2) is 11.1. The van der Waals surface area contributed by atoms with Crippen molar-refractivity contribution < 1.29 is 9.53 Å². The third-order valence-corrected chi connectivity index (χ3v) is 5.05. The molecular formula is C22H29ClN2O2. The molecule has 2 aromatic carbocycles. The molecule has 0 aliphatic carbocycles. The van der Waals surface area contributed by atoms with E-state index >= 15 is 0 Å². The van der Waals surface area contributed by atoms with Gasteiger partial charge in [0, 0.05) is 38.5 Å². The fourth-order valence-corrected chi connectivity index (χ4v) is 3.67. The van der Waals surface area contributed by atoms with Gasteiger partial charge in [-0.15, -0.1) is 12.4 Å². The van der Waals surface area contributed by atoms with E-state index in [4.69, 9.17) is 4.74 Å². The van der Waals surface area contributed by atoms with Gasteiger partial charge in [0.05, 0.1) is 0 Å². The number of likely N-dealkylation sites (tertiary alicyclic amines) is 1. The lowest BCUT2D eigenvalue weighted by Crippen LogP contribution is -2.49. The summed E-state index contributed by atoms with van der Waals surface area (Å²) in [7, 11) is 1.58. The van der Waals surface area contributed by atoms with E-state index in [9.17, 15) is 4.79 Å². The smallest absolute Gasteiger partial charge is 0.253 e. The van der Waals surface area contributed by atoms with Crippen LogP contribution in [0.5, 0.6) is 0 Å². The molecule has 0 spiro atoms. The van der Waals surface area contributed by atoms with Gasteiger partial charge in [-0.2, -0.15) is 0 Å². The molecule has 0 saturated carbocycles. The van der Waals surface area contributed by atoms with Gasteiger partial charge in [0.1, 0.15) is 6.61 Å². The molecule has 4 nitrogen and oxygen atoms in total. The first kappa shape index (κ1) is 21.4. The van der Waals surface area contributed by atoms with E-state index in [1.54, 1.807) is 7.11 Å². The summed E-state index contributed by atoms with van der Waals surface area (Å²) in [6.45, 7) is 3.26. The summed E-state index contributed by atoms with van der Waals surface area (Å²) in [5, 5.41) is 0. The number of para-hydroxylation sites is 1. The number of halogens is 1. The van der Waals surface area contributed by atoms with Gasteiger partial charge >= 0.3 is 0 Å². The summed E-state index contributed by atoms with van der Waals surface area (Å²) in [5.41, 5.74) is 2.35. The molecule has 1 amide bonds. The van der Waals surface area contributed by atoms with E-state index in [-0.39, 0.29) is 31.0 Å². The Kier molecular flexibility index (Phi) is 8.79. The van der Waals surface area contributed by atoms with Gasteiger partial charge in [0.25, 0.3) is 5.91 Å². The number of anilines is 1. The highest BCUT2D eigenvalue weighted by molar-refractivity contribution is 5.94. The monoisotopic (exact) mass is 388 g/mol. The highest BCUT2D eigenvalue weighted by Crippen LogP contribution is 2.24. The van der Waals surface area contributed by atoms with Crippen molar-refractivity contribution in [1.29, 1.82) is 0 Å². The van der Waals surface area contributed by atoms with Crippen LogP contribution >= 0.6 is 12.4 Å². The average Bonchev–Trinajstić information content (AvgIpc) is 2.69. The molecule has 1 saturated heterocycles. The predicted molar refractivity (Wildman–Crippen MR) is 113 cm³/mol. The number of benzene rings is 2. The minimum Gasteiger partial charge on any atom is -0.375 e. The van der Waals surface area contributed by atoms with Crippen molar-refractivity contribution in [2.75, 3.05) is 38.3 Å². The van der Waals surface area contributed by atoms with Crippen molar-refractivity contribution in [3.05, 3.63) is 66.2 Å². The Balaban J connectivity index is 0.00000261. The van der Waals surface area contributed by atoms with Crippen LogP contribution in [-0.4, -0.2) is 50.2 Å². The zero-order valence-electron chi connectivity index (χ0n) is 15.9. The second-order valence-corrected chi connectivity index (χ2v) is 6.84. The van der Waals surface area contributed by atoms with Crippen molar-refractivity contribution in [2.45, 2.75) is 25.3 Å². The molecule has 27 heavy (non-hydrogen) atoms. The molecule has 0 unspecified atom stereocenters. The molecule has 1 heterocycles. The summed E-state index contributed by atoms with van der Waals surface area (Å²) in [6, 6.07) is 20.8. The molecule has 2 aromatic rings. The highest BCUT2D eigenvalue weighted by atomic mass is 35.5. The van der Waals surface area contributed by atoms with Crippen LogP contribution in [-0.2, 0) is 16.0 Å². The zero-order valence-corrected chi connectivity index (χ0v) is 16.7. The normalized spacial score (nSPS) is 15.1. The Morgan fingerprint density at radius 2 is 1.63 bits per heavy atom. The SMILES string of the molecule is COCC(=O)N(c1ccccc1)C1CCN(CCc2ccccc2)CC1.Cl. The molecule has 146 valence electrons. The number of rotatable bonds is 7. The Bertz CT molecular complexity index is 673.